The Bertz CT molecular complexity index is 479. The van der Waals surface area contributed by atoms with Crippen LogP contribution < -0.4 is 4.90 Å². The number of hydrogen-bond donors (Lipinski definition) is 1. The molecule has 8 heteroatoms. The summed E-state index contributed by atoms with van der Waals surface area (Å²) >= 11 is 1.71. The summed E-state index contributed by atoms with van der Waals surface area (Å²) in [6, 6.07) is 2.84. The van der Waals surface area contributed by atoms with E-state index in [0.29, 0.717) is 12.4 Å². The molecule has 0 saturated carbocycles. The molecule has 7 nitrogen and oxygen atoms in total. The summed E-state index contributed by atoms with van der Waals surface area (Å²) in [5.41, 5.74) is -0.0649. The van der Waals surface area contributed by atoms with Crippen LogP contribution in [0.3, 0.4) is 0 Å². The largest absolute Gasteiger partial charge is 0.481 e. The Morgan fingerprint density at radius 2 is 2.42 bits per heavy atom. The van der Waals surface area contributed by atoms with Gasteiger partial charge in [0.1, 0.15) is 12.0 Å². The third-order valence-corrected chi connectivity index (χ3v) is 3.97. The molecule has 1 saturated heterocycles. The molecule has 2 heterocycles. The van der Waals surface area contributed by atoms with Crippen molar-refractivity contribution in [3.8, 4) is 0 Å². The Hall–Kier alpha value is -1.83. The number of hydrogen-bond acceptors (Lipinski definition) is 6. The lowest BCUT2D eigenvalue weighted by atomic mass is 10.2. The number of pyridine rings is 1. The maximum atomic E-state index is 10.8. The van der Waals surface area contributed by atoms with Gasteiger partial charge in [-0.1, -0.05) is 0 Å². The molecule has 19 heavy (non-hydrogen) atoms. The molecule has 0 bridgehead atoms. The van der Waals surface area contributed by atoms with Gasteiger partial charge >= 0.3 is 5.97 Å². The van der Waals surface area contributed by atoms with Gasteiger partial charge in [0.25, 0.3) is 5.69 Å². The first-order valence-electron chi connectivity index (χ1n) is 5.74. The Balaban J connectivity index is 2.17. The van der Waals surface area contributed by atoms with Gasteiger partial charge in [0.05, 0.1) is 11.3 Å². The summed E-state index contributed by atoms with van der Waals surface area (Å²) in [4.78, 5) is 26.9. The molecule has 1 aliphatic heterocycles. The average molecular weight is 283 g/mol. The van der Waals surface area contributed by atoms with Crippen molar-refractivity contribution in [2.45, 2.75) is 12.5 Å². The van der Waals surface area contributed by atoms with E-state index in [1.165, 1.54) is 12.3 Å². The van der Waals surface area contributed by atoms with Gasteiger partial charge in [0.2, 0.25) is 0 Å². The second-order valence-corrected chi connectivity index (χ2v) is 5.30. The molecule has 0 spiro atoms. The quantitative estimate of drug-likeness (QED) is 0.658. The monoisotopic (exact) mass is 283 g/mol. The van der Waals surface area contributed by atoms with Gasteiger partial charge in [-0.25, -0.2) is 4.98 Å². The van der Waals surface area contributed by atoms with Crippen LogP contribution >= 0.6 is 11.8 Å². The molecular weight excluding hydrogens is 270 g/mol. The molecule has 1 aromatic rings. The molecule has 0 radical (unpaired) electrons. The third kappa shape index (κ3) is 3.34. The molecule has 102 valence electrons. The van der Waals surface area contributed by atoms with Gasteiger partial charge in [-0.05, 0) is 6.07 Å². The zero-order valence-electron chi connectivity index (χ0n) is 10.1. The number of carboxylic acids is 1. The lowest BCUT2D eigenvalue weighted by molar-refractivity contribution is -0.385. The number of carboxylic acid groups (broad SMARTS) is 1. The Morgan fingerprint density at radius 1 is 1.63 bits per heavy atom. The van der Waals surface area contributed by atoms with E-state index in [9.17, 15) is 14.9 Å². The highest BCUT2D eigenvalue weighted by atomic mass is 32.2. The normalized spacial score (nSPS) is 19.2. The maximum Gasteiger partial charge on any atom is 0.305 e. The molecule has 1 fully saturated rings. The number of anilines is 1. The van der Waals surface area contributed by atoms with Crippen LogP contribution in [0, 0.1) is 10.1 Å². The van der Waals surface area contributed by atoms with E-state index in [4.69, 9.17) is 5.11 Å². The number of aromatic nitrogens is 1. The highest BCUT2D eigenvalue weighted by molar-refractivity contribution is 7.99. The maximum absolute atomic E-state index is 10.8. The molecule has 2 rings (SSSR count). The molecule has 1 aromatic heterocycles. The van der Waals surface area contributed by atoms with Gasteiger partial charge in [-0.15, -0.1) is 0 Å². The summed E-state index contributed by atoms with van der Waals surface area (Å²) < 4.78 is 0. The minimum Gasteiger partial charge on any atom is -0.481 e. The predicted octanol–water partition coefficient (Wildman–Crippen LogP) is 1.39. The first kappa shape index (κ1) is 13.6. The fourth-order valence-corrected chi connectivity index (χ4v) is 3.05. The van der Waals surface area contributed by atoms with Crippen molar-refractivity contribution in [1.29, 1.82) is 0 Å². The molecular formula is C11H13N3O4S. The van der Waals surface area contributed by atoms with Crippen LogP contribution in [0.15, 0.2) is 18.3 Å². The molecule has 0 aliphatic carbocycles. The fraction of sp³-hybridized carbons (Fsp3) is 0.455. The summed E-state index contributed by atoms with van der Waals surface area (Å²) in [6.45, 7) is 0.702. The van der Waals surface area contributed by atoms with E-state index < -0.39 is 10.9 Å². The smallest absolute Gasteiger partial charge is 0.305 e. The van der Waals surface area contributed by atoms with Crippen LogP contribution in [0.4, 0.5) is 11.5 Å². The highest BCUT2D eigenvalue weighted by Crippen LogP contribution is 2.25. The third-order valence-electron chi connectivity index (χ3n) is 2.88. The highest BCUT2D eigenvalue weighted by Gasteiger charge is 2.26. The summed E-state index contributed by atoms with van der Waals surface area (Å²) in [5, 5.41) is 19.5. The van der Waals surface area contributed by atoms with Crippen LogP contribution in [0.5, 0.6) is 0 Å². The van der Waals surface area contributed by atoms with E-state index in [1.54, 1.807) is 17.8 Å². The van der Waals surface area contributed by atoms with Gasteiger partial charge in [0.15, 0.2) is 0 Å². The minimum atomic E-state index is -0.848. The minimum absolute atomic E-state index is 0.0473. The lowest BCUT2D eigenvalue weighted by Gasteiger charge is -2.35. The van der Waals surface area contributed by atoms with E-state index in [1.807, 2.05) is 4.90 Å². The zero-order valence-corrected chi connectivity index (χ0v) is 10.9. The SMILES string of the molecule is O=C(O)CC1CSCCN1c1ccc([N+](=O)[O-])cn1. The van der Waals surface area contributed by atoms with Crippen molar-refractivity contribution in [2.75, 3.05) is 23.0 Å². The second kappa shape index (κ2) is 5.87. The lowest BCUT2D eigenvalue weighted by Crippen LogP contribution is -2.44. The summed E-state index contributed by atoms with van der Waals surface area (Å²) in [7, 11) is 0. The van der Waals surface area contributed by atoms with Gasteiger partial charge in [-0.3, -0.25) is 14.9 Å². The van der Waals surface area contributed by atoms with Crippen molar-refractivity contribution < 1.29 is 14.8 Å². The fourth-order valence-electron chi connectivity index (χ4n) is 1.98. The number of nitro groups is 1. The number of carbonyl (C=O) groups is 1. The van der Waals surface area contributed by atoms with Crippen LogP contribution in [0.1, 0.15) is 6.42 Å². The van der Waals surface area contributed by atoms with E-state index in [0.717, 1.165) is 11.5 Å². The van der Waals surface area contributed by atoms with Gasteiger partial charge in [-0.2, -0.15) is 11.8 Å². The topological polar surface area (TPSA) is 96.6 Å². The molecule has 1 atom stereocenters. The Kier molecular flexibility index (Phi) is 4.20. The number of nitrogens with zero attached hydrogens (tertiary/aromatic N) is 3. The molecule has 1 unspecified atom stereocenters. The first-order chi connectivity index (χ1) is 9.08. The van der Waals surface area contributed by atoms with Crippen molar-refractivity contribution >= 4 is 29.2 Å². The van der Waals surface area contributed by atoms with Crippen molar-refractivity contribution in [3.63, 3.8) is 0 Å². The average Bonchev–Trinajstić information content (AvgIpc) is 2.39. The molecule has 1 aliphatic rings. The van der Waals surface area contributed by atoms with E-state index in [2.05, 4.69) is 4.98 Å². The summed E-state index contributed by atoms with van der Waals surface area (Å²) in [5.74, 6) is 1.37. The van der Waals surface area contributed by atoms with E-state index >= 15 is 0 Å². The number of thioether (sulfide) groups is 1. The van der Waals surface area contributed by atoms with Crippen molar-refractivity contribution in [1.82, 2.24) is 4.98 Å². The van der Waals surface area contributed by atoms with Crippen molar-refractivity contribution in [2.24, 2.45) is 0 Å². The summed E-state index contributed by atoms with van der Waals surface area (Å²) in [6.07, 6.45) is 1.25. The predicted molar refractivity (Wildman–Crippen MR) is 71.6 cm³/mol. The van der Waals surface area contributed by atoms with Crippen LogP contribution in [-0.2, 0) is 4.79 Å². The van der Waals surface area contributed by atoms with Gasteiger partial charge < -0.3 is 10.0 Å². The second-order valence-electron chi connectivity index (χ2n) is 4.15. The first-order valence-corrected chi connectivity index (χ1v) is 6.90. The van der Waals surface area contributed by atoms with Crippen LogP contribution in [0.25, 0.3) is 0 Å². The number of aliphatic carboxylic acids is 1. The molecule has 0 amide bonds. The zero-order chi connectivity index (χ0) is 13.8. The Labute approximate surface area is 113 Å². The number of rotatable bonds is 4. The van der Waals surface area contributed by atoms with E-state index in [-0.39, 0.29) is 18.2 Å². The van der Waals surface area contributed by atoms with Crippen LogP contribution in [-0.4, -0.2) is 45.1 Å². The van der Waals surface area contributed by atoms with Crippen molar-refractivity contribution in [3.05, 3.63) is 28.4 Å². The van der Waals surface area contributed by atoms with Crippen LogP contribution in [0.2, 0.25) is 0 Å². The van der Waals surface area contributed by atoms with Gasteiger partial charge in [0, 0.05) is 30.2 Å². The molecule has 0 aromatic carbocycles. The molecule has 1 N–H and O–H groups in total. The Morgan fingerprint density at radius 3 is 3.00 bits per heavy atom. The standard InChI is InChI=1S/C11H13N3O4S/c15-11(16)5-9-7-19-4-3-13(9)10-2-1-8(6-12-10)14(17)18/h1-2,6,9H,3-5,7H2,(H,15,16).